The lowest BCUT2D eigenvalue weighted by atomic mass is 10.2. The van der Waals surface area contributed by atoms with Crippen molar-refractivity contribution in [3.63, 3.8) is 0 Å². The highest BCUT2D eigenvalue weighted by Gasteiger charge is 2.22. The maximum Gasteiger partial charge on any atom is 0.263 e. The molecule has 0 aliphatic carbocycles. The first-order valence-electron chi connectivity index (χ1n) is 7.90. The number of anilines is 2. The average Bonchev–Trinajstić information content (AvgIpc) is 2.97. The number of hydrogen-bond donors (Lipinski definition) is 1. The average molecular weight is 346 g/mol. The molecular formula is C16H16F2N6O. The van der Waals surface area contributed by atoms with Crippen molar-refractivity contribution in [2.75, 3.05) is 36.0 Å². The number of hydrogen-bond acceptors (Lipinski definition) is 5. The van der Waals surface area contributed by atoms with E-state index in [0.717, 1.165) is 6.07 Å². The first-order chi connectivity index (χ1) is 12.0. The van der Waals surface area contributed by atoms with Gasteiger partial charge in [-0.1, -0.05) is 0 Å². The van der Waals surface area contributed by atoms with Gasteiger partial charge in [0.1, 0.15) is 17.0 Å². The molecule has 3 aromatic rings. The zero-order chi connectivity index (χ0) is 17.6. The van der Waals surface area contributed by atoms with Crippen molar-refractivity contribution < 1.29 is 8.78 Å². The summed E-state index contributed by atoms with van der Waals surface area (Å²) < 4.78 is 28.5. The number of rotatable bonds is 2. The van der Waals surface area contributed by atoms with E-state index in [1.807, 2.05) is 9.80 Å². The summed E-state index contributed by atoms with van der Waals surface area (Å²) in [6, 6.07) is 3.58. The van der Waals surface area contributed by atoms with Crippen LogP contribution in [0.3, 0.4) is 0 Å². The molecule has 1 aliphatic rings. The maximum atomic E-state index is 13.9. The van der Waals surface area contributed by atoms with E-state index in [2.05, 4.69) is 15.1 Å². The molecule has 130 valence electrons. The molecule has 2 aromatic heterocycles. The predicted molar refractivity (Wildman–Crippen MR) is 89.9 cm³/mol. The third-order valence-electron chi connectivity index (χ3n) is 4.42. The highest BCUT2D eigenvalue weighted by Crippen LogP contribution is 2.22. The van der Waals surface area contributed by atoms with Gasteiger partial charge in [0, 0.05) is 39.3 Å². The third kappa shape index (κ3) is 2.71. The van der Waals surface area contributed by atoms with Gasteiger partial charge in [0.15, 0.2) is 5.65 Å². The van der Waals surface area contributed by atoms with E-state index in [0.29, 0.717) is 48.8 Å². The van der Waals surface area contributed by atoms with Crippen molar-refractivity contribution in [3.8, 4) is 0 Å². The molecule has 7 nitrogen and oxygen atoms in total. The predicted octanol–water partition coefficient (Wildman–Crippen LogP) is 1.26. The first-order valence-corrected chi connectivity index (χ1v) is 7.90. The SMILES string of the molecule is Cn1ncc2c(=O)[nH]c(N3CCN(c4ccc(F)cc4F)CC3)nc21. The summed E-state index contributed by atoms with van der Waals surface area (Å²) in [4.78, 5) is 23.2. The second-order valence-corrected chi connectivity index (χ2v) is 5.96. The van der Waals surface area contributed by atoms with Gasteiger partial charge >= 0.3 is 0 Å². The first kappa shape index (κ1) is 15.6. The molecule has 4 rings (SSSR count). The molecule has 0 bridgehead atoms. The number of fused-ring (bicyclic) bond motifs is 1. The molecule has 1 N–H and O–H groups in total. The summed E-state index contributed by atoms with van der Waals surface area (Å²) in [6.07, 6.45) is 1.49. The topological polar surface area (TPSA) is 70.1 Å². The van der Waals surface area contributed by atoms with Crippen LogP contribution in [-0.2, 0) is 7.05 Å². The van der Waals surface area contributed by atoms with E-state index < -0.39 is 11.6 Å². The minimum atomic E-state index is -0.592. The minimum absolute atomic E-state index is 0.236. The lowest BCUT2D eigenvalue weighted by Gasteiger charge is -2.36. The number of piperazine rings is 1. The Hall–Kier alpha value is -2.97. The Kier molecular flexibility index (Phi) is 3.63. The van der Waals surface area contributed by atoms with Crippen LogP contribution in [0.5, 0.6) is 0 Å². The summed E-state index contributed by atoms with van der Waals surface area (Å²) in [5.41, 5.74) is 0.662. The van der Waals surface area contributed by atoms with Crippen LogP contribution >= 0.6 is 0 Å². The zero-order valence-electron chi connectivity index (χ0n) is 13.5. The van der Waals surface area contributed by atoms with Gasteiger partial charge in [0.25, 0.3) is 5.56 Å². The Bertz CT molecular complexity index is 990. The molecule has 0 amide bonds. The number of H-pyrrole nitrogens is 1. The second kappa shape index (κ2) is 5.83. The van der Waals surface area contributed by atoms with Crippen LogP contribution in [0, 0.1) is 11.6 Å². The molecule has 0 atom stereocenters. The molecule has 1 fully saturated rings. The Labute approximate surface area is 141 Å². The van der Waals surface area contributed by atoms with Crippen molar-refractivity contribution in [3.05, 3.63) is 46.4 Å². The van der Waals surface area contributed by atoms with Crippen LogP contribution in [0.1, 0.15) is 0 Å². The van der Waals surface area contributed by atoms with E-state index in [-0.39, 0.29) is 5.56 Å². The number of nitrogens with zero attached hydrogens (tertiary/aromatic N) is 5. The van der Waals surface area contributed by atoms with Crippen LogP contribution in [-0.4, -0.2) is 45.9 Å². The largest absolute Gasteiger partial charge is 0.366 e. The van der Waals surface area contributed by atoms with Gasteiger partial charge in [-0.2, -0.15) is 10.1 Å². The van der Waals surface area contributed by atoms with Crippen LogP contribution in [0.2, 0.25) is 0 Å². The lowest BCUT2D eigenvalue weighted by molar-refractivity contribution is 0.569. The number of aromatic amines is 1. The fourth-order valence-corrected chi connectivity index (χ4v) is 3.07. The maximum absolute atomic E-state index is 13.9. The summed E-state index contributed by atoms with van der Waals surface area (Å²) in [5, 5.41) is 4.49. The fourth-order valence-electron chi connectivity index (χ4n) is 3.07. The van der Waals surface area contributed by atoms with Crippen LogP contribution in [0.15, 0.2) is 29.2 Å². The highest BCUT2D eigenvalue weighted by molar-refractivity contribution is 5.74. The van der Waals surface area contributed by atoms with E-state index in [1.165, 1.54) is 18.3 Å². The minimum Gasteiger partial charge on any atom is -0.366 e. The summed E-state index contributed by atoms with van der Waals surface area (Å²) in [6.45, 7) is 2.19. The Morgan fingerprint density at radius 1 is 1.12 bits per heavy atom. The Balaban J connectivity index is 1.56. The quantitative estimate of drug-likeness (QED) is 0.757. The molecule has 25 heavy (non-hydrogen) atoms. The van der Waals surface area contributed by atoms with Crippen molar-refractivity contribution in [2.24, 2.45) is 7.05 Å². The van der Waals surface area contributed by atoms with Gasteiger partial charge in [-0.25, -0.2) is 8.78 Å². The number of nitrogens with one attached hydrogen (secondary N) is 1. The summed E-state index contributed by atoms with van der Waals surface area (Å²) in [5.74, 6) is -0.692. The highest BCUT2D eigenvalue weighted by atomic mass is 19.1. The van der Waals surface area contributed by atoms with Crippen molar-refractivity contribution in [2.45, 2.75) is 0 Å². The van der Waals surface area contributed by atoms with E-state index in [4.69, 9.17) is 0 Å². The Morgan fingerprint density at radius 3 is 2.56 bits per heavy atom. The summed E-state index contributed by atoms with van der Waals surface area (Å²) >= 11 is 0. The number of benzene rings is 1. The molecular weight excluding hydrogens is 330 g/mol. The van der Waals surface area contributed by atoms with Crippen molar-refractivity contribution in [1.29, 1.82) is 0 Å². The van der Waals surface area contributed by atoms with Crippen LogP contribution < -0.4 is 15.4 Å². The molecule has 3 heterocycles. The smallest absolute Gasteiger partial charge is 0.263 e. The third-order valence-corrected chi connectivity index (χ3v) is 4.42. The standard InChI is InChI=1S/C16H16F2N6O/c1-22-14-11(9-19-22)15(25)21-16(20-14)24-6-4-23(5-7-24)13-3-2-10(17)8-12(13)18/h2-3,8-9H,4-7H2,1H3,(H,20,21,25). The normalized spacial score (nSPS) is 15.2. The van der Waals surface area contributed by atoms with E-state index >= 15 is 0 Å². The number of halogens is 2. The van der Waals surface area contributed by atoms with Gasteiger partial charge in [-0.3, -0.25) is 14.5 Å². The van der Waals surface area contributed by atoms with Crippen LogP contribution in [0.4, 0.5) is 20.4 Å². The molecule has 9 heteroatoms. The molecule has 0 spiro atoms. The summed E-state index contributed by atoms with van der Waals surface area (Å²) in [7, 11) is 1.73. The van der Waals surface area contributed by atoms with E-state index in [9.17, 15) is 13.6 Å². The van der Waals surface area contributed by atoms with Gasteiger partial charge in [0.05, 0.1) is 11.9 Å². The zero-order valence-corrected chi connectivity index (χ0v) is 13.5. The molecule has 1 aromatic carbocycles. The molecule has 0 saturated carbocycles. The van der Waals surface area contributed by atoms with E-state index in [1.54, 1.807) is 11.7 Å². The molecule has 0 radical (unpaired) electrons. The lowest BCUT2D eigenvalue weighted by Crippen LogP contribution is -2.47. The Morgan fingerprint density at radius 2 is 1.84 bits per heavy atom. The fraction of sp³-hybridized carbons (Fsp3) is 0.312. The molecule has 0 unspecified atom stereocenters. The van der Waals surface area contributed by atoms with Crippen molar-refractivity contribution in [1.82, 2.24) is 19.7 Å². The number of aromatic nitrogens is 4. The molecule has 1 aliphatic heterocycles. The van der Waals surface area contributed by atoms with Gasteiger partial charge in [-0.15, -0.1) is 0 Å². The molecule has 1 saturated heterocycles. The van der Waals surface area contributed by atoms with Gasteiger partial charge < -0.3 is 9.80 Å². The van der Waals surface area contributed by atoms with Gasteiger partial charge in [-0.05, 0) is 12.1 Å². The number of aryl methyl sites for hydroxylation is 1. The second-order valence-electron chi connectivity index (χ2n) is 5.96. The van der Waals surface area contributed by atoms with Gasteiger partial charge in [0.2, 0.25) is 5.95 Å². The van der Waals surface area contributed by atoms with Crippen molar-refractivity contribution >= 4 is 22.7 Å². The van der Waals surface area contributed by atoms with Crippen LogP contribution in [0.25, 0.3) is 11.0 Å². The monoisotopic (exact) mass is 346 g/mol.